The maximum absolute atomic E-state index is 11.0. The maximum atomic E-state index is 11.0. The molecule has 0 rings (SSSR count). The van der Waals surface area contributed by atoms with Crippen LogP contribution >= 0.6 is 0 Å². The summed E-state index contributed by atoms with van der Waals surface area (Å²) in [5.41, 5.74) is 0. The SMILES string of the molecule is CCNS(=O)(=O)N(C)CC#N. The molecule has 0 radical (unpaired) electrons. The molecule has 0 saturated heterocycles. The molecule has 0 heterocycles. The highest BCUT2D eigenvalue weighted by atomic mass is 32.2. The van der Waals surface area contributed by atoms with Crippen molar-refractivity contribution in [3.63, 3.8) is 0 Å². The Kier molecular flexibility index (Phi) is 4.03. The summed E-state index contributed by atoms with van der Waals surface area (Å²) in [6.07, 6.45) is 0. The van der Waals surface area contributed by atoms with Crippen LogP contribution in [0.25, 0.3) is 0 Å². The van der Waals surface area contributed by atoms with Crippen molar-refractivity contribution >= 4 is 10.2 Å². The van der Waals surface area contributed by atoms with Crippen LogP contribution in [0, 0.1) is 11.3 Å². The lowest BCUT2D eigenvalue weighted by molar-refractivity contribution is 0.489. The highest BCUT2D eigenvalue weighted by molar-refractivity contribution is 7.87. The summed E-state index contributed by atoms with van der Waals surface area (Å²) in [4.78, 5) is 0. The lowest BCUT2D eigenvalue weighted by Crippen LogP contribution is -2.38. The topological polar surface area (TPSA) is 73.2 Å². The fourth-order valence-corrected chi connectivity index (χ4v) is 1.29. The number of nitrogens with one attached hydrogen (secondary N) is 1. The molecule has 0 unspecified atom stereocenters. The van der Waals surface area contributed by atoms with Gasteiger partial charge in [0.2, 0.25) is 0 Å². The smallest absolute Gasteiger partial charge is 0.202 e. The fourth-order valence-electron chi connectivity index (χ4n) is 0.477. The normalized spacial score (nSPS) is 11.5. The monoisotopic (exact) mass is 177 g/mol. The van der Waals surface area contributed by atoms with Crippen molar-refractivity contribution < 1.29 is 8.42 Å². The van der Waals surface area contributed by atoms with E-state index in [0.29, 0.717) is 6.54 Å². The number of hydrogen-bond acceptors (Lipinski definition) is 3. The maximum Gasteiger partial charge on any atom is 0.280 e. The van der Waals surface area contributed by atoms with E-state index in [-0.39, 0.29) is 6.54 Å². The molecule has 0 amide bonds. The molecular weight excluding hydrogens is 166 g/mol. The molecule has 0 aromatic heterocycles. The van der Waals surface area contributed by atoms with Crippen LogP contribution in [-0.2, 0) is 10.2 Å². The van der Waals surface area contributed by atoms with E-state index in [2.05, 4.69) is 4.72 Å². The van der Waals surface area contributed by atoms with Crippen molar-refractivity contribution in [3.8, 4) is 6.07 Å². The molecule has 0 bridgehead atoms. The van der Waals surface area contributed by atoms with E-state index in [1.165, 1.54) is 7.05 Å². The standard InChI is InChI=1S/C5H11N3O2S/c1-3-7-11(9,10)8(2)5-4-6/h7H,3,5H2,1-2H3. The average molecular weight is 177 g/mol. The molecule has 5 nitrogen and oxygen atoms in total. The van der Waals surface area contributed by atoms with Crippen LogP contribution in [-0.4, -0.2) is 32.9 Å². The Bertz CT molecular complexity index is 241. The summed E-state index contributed by atoms with van der Waals surface area (Å²) < 4.78 is 25.2. The predicted molar refractivity (Wildman–Crippen MR) is 40.8 cm³/mol. The first-order valence-corrected chi connectivity index (χ1v) is 4.56. The van der Waals surface area contributed by atoms with Crippen molar-refractivity contribution in [2.24, 2.45) is 0 Å². The van der Waals surface area contributed by atoms with Gasteiger partial charge in [0.15, 0.2) is 0 Å². The Labute approximate surface area is 66.8 Å². The van der Waals surface area contributed by atoms with Gasteiger partial charge in [0.05, 0.1) is 6.07 Å². The summed E-state index contributed by atoms with van der Waals surface area (Å²) in [7, 11) is -2.06. The van der Waals surface area contributed by atoms with Crippen LogP contribution in [0.2, 0.25) is 0 Å². The minimum Gasteiger partial charge on any atom is -0.202 e. The number of hydrogen-bond donors (Lipinski definition) is 1. The molecule has 0 aliphatic rings. The van der Waals surface area contributed by atoms with Gasteiger partial charge in [-0.05, 0) is 0 Å². The zero-order chi connectivity index (χ0) is 8.91. The molecule has 0 aromatic carbocycles. The van der Waals surface area contributed by atoms with Gasteiger partial charge in [0.25, 0.3) is 10.2 Å². The van der Waals surface area contributed by atoms with Crippen LogP contribution in [0.5, 0.6) is 0 Å². The van der Waals surface area contributed by atoms with E-state index in [1.807, 2.05) is 0 Å². The van der Waals surface area contributed by atoms with Crippen molar-refractivity contribution in [1.29, 1.82) is 5.26 Å². The molecule has 11 heavy (non-hydrogen) atoms. The number of nitriles is 1. The second kappa shape index (κ2) is 4.28. The van der Waals surface area contributed by atoms with E-state index < -0.39 is 10.2 Å². The van der Waals surface area contributed by atoms with Gasteiger partial charge in [-0.25, -0.2) is 4.72 Å². The van der Waals surface area contributed by atoms with Crippen LogP contribution in [0.4, 0.5) is 0 Å². The first kappa shape index (κ1) is 10.4. The van der Waals surface area contributed by atoms with E-state index in [9.17, 15) is 8.42 Å². The predicted octanol–water partition coefficient (Wildman–Crippen LogP) is -0.704. The van der Waals surface area contributed by atoms with Gasteiger partial charge in [0, 0.05) is 13.6 Å². The largest absolute Gasteiger partial charge is 0.280 e. The first-order valence-electron chi connectivity index (χ1n) is 3.12. The second-order valence-electron chi connectivity index (χ2n) is 1.92. The quantitative estimate of drug-likeness (QED) is 0.577. The Morgan fingerprint density at radius 3 is 2.55 bits per heavy atom. The van der Waals surface area contributed by atoms with E-state index in [0.717, 1.165) is 4.31 Å². The van der Waals surface area contributed by atoms with Gasteiger partial charge < -0.3 is 0 Å². The zero-order valence-electron chi connectivity index (χ0n) is 6.53. The molecular formula is C5H11N3O2S. The second-order valence-corrected chi connectivity index (χ2v) is 3.78. The van der Waals surface area contributed by atoms with E-state index in [4.69, 9.17) is 5.26 Å². The Morgan fingerprint density at radius 2 is 2.18 bits per heavy atom. The van der Waals surface area contributed by atoms with Gasteiger partial charge in [-0.15, -0.1) is 0 Å². The van der Waals surface area contributed by atoms with Crippen molar-refractivity contribution in [3.05, 3.63) is 0 Å². The average Bonchev–Trinajstić information content (AvgIpc) is 1.88. The summed E-state index contributed by atoms with van der Waals surface area (Å²) in [5, 5.41) is 8.18. The van der Waals surface area contributed by atoms with Crippen LogP contribution in [0.15, 0.2) is 0 Å². The third-order valence-corrected chi connectivity index (χ3v) is 2.63. The number of nitrogens with zero attached hydrogens (tertiary/aromatic N) is 2. The zero-order valence-corrected chi connectivity index (χ0v) is 7.35. The van der Waals surface area contributed by atoms with Crippen molar-refractivity contribution in [2.45, 2.75) is 6.92 Å². The Hall–Kier alpha value is -0.640. The van der Waals surface area contributed by atoms with E-state index in [1.54, 1.807) is 13.0 Å². The molecule has 1 N–H and O–H groups in total. The molecule has 0 fully saturated rings. The van der Waals surface area contributed by atoms with Gasteiger partial charge in [0.1, 0.15) is 6.54 Å². The van der Waals surface area contributed by atoms with Gasteiger partial charge in [-0.1, -0.05) is 6.92 Å². The highest BCUT2D eigenvalue weighted by Crippen LogP contribution is 1.90. The Morgan fingerprint density at radius 1 is 1.64 bits per heavy atom. The van der Waals surface area contributed by atoms with Crippen molar-refractivity contribution in [2.75, 3.05) is 20.1 Å². The molecule has 6 heteroatoms. The molecule has 0 aromatic rings. The van der Waals surface area contributed by atoms with Crippen LogP contribution < -0.4 is 4.72 Å². The fraction of sp³-hybridized carbons (Fsp3) is 0.800. The molecule has 0 saturated carbocycles. The Balaban J connectivity index is 4.21. The van der Waals surface area contributed by atoms with Crippen LogP contribution in [0.3, 0.4) is 0 Å². The molecule has 64 valence electrons. The molecule has 0 aliphatic carbocycles. The summed E-state index contributed by atoms with van der Waals surface area (Å²) >= 11 is 0. The lowest BCUT2D eigenvalue weighted by Gasteiger charge is -2.12. The summed E-state index contributed by atoms with van der Waals surface area (Å²) in [6, 6.07) is 1.74. The van der Waals surface area contributed by atoms with Crippen molar-refractivity contribution in [1.82, 2.24) is 9.03 Å². The minimum absolute atomic E-state index is 0.130. The number of rotatable bonds is 4. The summed E-state index contributed by atoms with van der Waals surface area (Å²) in [6.45, 7) is 1.88. The highest BCUT2D eigenvalue weighted by Gasteiger charge is 2.14. The lowest BCUT2D eigenvalue weighted by atomic mass is 10.7. The molecule has 0 aliphatic heterocycles. The third-order valence-electron chi connectivity index (χ3n) is 1.03. The van der Waals surface area contributed by atoms with E-state index >= 15 is 0 Å². The van der Waals surface area contributed by atoms with Gasteiger partial charge >= 0.3 is 0 Å². The third kappa shape index (κ3) is 3.32. The first-order chi connectivity index (χ1) is 5.04. The minimum atomic E-state index is -3.41. The molecule has 0 spiro atoms. The van der Waals surface area contributed by atoms with Gasteiger partial charge in [-0.2, -0.15) is 18.0 Å². The van der Waals surface area contributed by atoms with Gasteiger partial charge in [-0.3, -0.25) is 0 Å². The van der Waals surface area contributed by atoms with Crippen LogP contribution in [0.1, 0.15) is 6.92 Å². The molecule has 0 atom stereocenters. The summed E-state index contributed by atoms with van der Waals surface area (Å²) in [5.74, 6) is 0.